The number of carbonyl (C=O) groups is 8. The molecule has 0 bridgehead atoms. The Hall–Kier alpha value is -3.79. The zero-order valence-corrected chi connectivity index (χ0v) is 28.8. The van der Waals surface area contributed by atoms with E-state index in [0.29, 0.717) is 42.9 Å². The standard InChI is InChI=1S/C32H43N5O9S2/c1-3-4-5-27(43)34-21(15-26(33)42)24(40)12-18(2)6-7-20(39)14-28(44)37-32(10-11-32)25(41)13-19(38)8-9-29-35-22(16-47-29)30-36-23(17-48-30)31(45)46/h17-18,21-22H,3-16H2,1-2H3,(H2,33,42)(H,34,43)(H,37,44)(H,45,46)/t18-,21+,22-/m0/s1. The number of Topliss-reactive ketones (excluding diaryl/α,β-unsaturated/α-hetero) is 4. The molecule has 2 aliphatic rings. The maximum atomic E-state index is 12.9. The summed E-state index contributed by atoms with van der Waals surface area (Å²) < 4.78 is 0. The van der Waals surface area contributed by atoms with Gasteiger partial charge in [0.1, 0.15) is 22.6 Å². The maximum Gasteiger partial charge on any atom is 0.355 e. The fraction of sp³-hybridized carbons (Fsp3) is 0.625. The van der Waals surface area contributed by atoms with E-state index in [9.17, 15) is 38.4 Å². The molecular weight excluding hydrogens is 663 g/mol. The molecule has 1 aromatic heterocycles. The van der Waals surface area contributed by atoms with Crippen LogP contribution in [0.1, 0.15) is 119 Å². The molecule has 0 radical (unpaired) electrons. The molecule has 48 heavy (non-hydrogen) atoms. The Balaban J connectivity index is 1.37. The van der Waals surface area contributed by atoms with Gasteiger partial charge in [-0.1, -0.05) is 20.3 Å². The molecule has 1 aromatic rings. The summed E-state index contributed by atoms with van der Waals surface area (Å²) in [6.45, 7) is 3.69. The monoisotopic (exact) mass is 705 g/mol. The predicted molar refractivity (Wildman–Crippen MR) is 179 cm³/mol. The molecule has 0 unspecified atom stereocenters. The molecule has 1 fully saturated rings. The van der Waals surface area contributed by atoms with E-state index in [4.69, 9.17) is 10.8 Å². The summed E-state index contributed by atoms with van der Waals surface area (Å²) in [7, 11) is 0. The summed E-state index contributed by atoms with van der Waals surface area (Å²) in [6.07, 6.45) is 2.16. The van der Waals surface area contributed by atoms with Crippen molar-refractivity contribution in [2.75, 3.05) is 5.75 Å². The molecule has 0 aromatic carbocycles. The number of hydrogen-bond acceptors (Lipinski definition) is 12. The van der Waals surface area contributed by atoms with Crippen LogP contribution in [-0.4, -0.2) is 79.3 Å². The minimum Gasteiger partial charge on any atom is -0.476 e. The third-order valence-electron chi connectivity index (χ3n) is 8.08. The zero-order chi connectivity index (χ0) is 35.4. The highest BCUT2D eigenvalue weighted by molar-refractivity contribution is 8.14. The van der Waals surface area contributed by atoms with Gasteiger partial charge in [-0.2, -0.15) is 0 Å². The Morgan fingerprint density at radius 2 is 1.73 bits per heavy atom. The summed E-state index contributed by atoms with van der Waals surface area (Å²) in [4.78, 5) is 107. The predicted octanol–water partition coefficient (Wildman–Crippen LogP) is 2.87. The first-order valence-electron chi connectivity index (χ1n) is 16.1. The van der Waals surface area contributed by atoms with Gasteiger partial charge in [-0.25, -0.2) is 9.78 Å². The number of nitrogens with zero attached hydrogens (tertiary/aromatic N) is 2. The minimum absolute atomic E-state index is 0.0171. The molecule has 16 heteroatoms. The van der Waals surface area contributed by atoms with Crippen molar-refractivity contribution in [1.82, 2.24) is 15.6 Å². The molecule has 3 atom stereocenters. The van der Waals surface area contributed by atoms with E-state index in [0.717, 1.165) is 11.5 Å². The van der Waals surface area contributed by atoms with Gasteiger partial charge < -0.3 is 21.5 Å². The summed E-state index contributed by atoms with van der Waals surface area (Å²) in [6, 6.07) is -1.30. The molecule has 0 spiro atoms. The van der Waals surface area contributed by atoms with Gasteiger partial charge in [-0.15, -0.1) is 23.1 Å². The van der Waals surface area contributed by atoms with Crippen molar-refractivity contribution in [3.63, 3.8) is 0 Å². The van der Waals surface area contributed by atoms with E-state index in [2.05, 4.69) is 20.6 Å². The van der Waals surface area contributed by atoms with Gasteiger partial charge in [0, 0.05) is 43.2 Å². The Kier molecular flexibility index (Phi) is 14.6. The van der Waals surface area contributed by atoms with Crippen molar-refractivity contribution in [1.29, 1.82) is 0 Å². The number of nitrogens with one attached hydrogen (secondary N) is 2. The van der Waals surface area contributed by atoms with Crippen LogP contribution < -0.4 is 16.4 Å². The average Bonchev–Trinajstić information content (AvgIpc) is 3.38. The van der Waals surface area contributed by atoms with Crippen molar-refractivity contribution >= 4 is 75.0 Å². The topological polar surface area (TPSA) is 232 Å². The Morgan fingerprint density at radius 3 is 2.35 bits per heavy atom. The van der Waals surface area contributed by atoms with Gasteiger partial charge in [0.25, 0.3) is 0 Å². The minimum atomic E-state index is -1.14. The fourth-order valence-corrected chi connectivity index (χ4v) is 7.10. The van der Waals surface area contributed by atoms with Gasteiger partial charge in [0.15, 0.2) is 17.3 Å². The van der Waals surface area contributed by atoms with Crippen LogP contribution in [-0.2, 0) is 33.6 Å². The highest BCUT2D eigenvalue weighted by Gasteiger charge is 2.50. The fourth-order valence-electron chi connectivity index (χ4n) is 5.13. The lowest BCUT2D eigenvalue weighted by atomic mass is 9.93. The third-order valence-corrected chi connectivity index (χ3v) is 10.2. The second-order valence-corrected chi connectivity index (χ2v) is 14.4. The van der Waals surface area contributed by atoms with Gasteiger partial charge in [-0.3, -0.25) is 38.6 Å². The third kappa shape index (κ3) is 12.3. The second-order valence-electron chi connectivity index (χ2n) is 12.4. The van der Waals surface area contributed by atoms with E-state index in [1.165, 1.54) is 28.5 Å². The number of unbranched alkanes of at least 4 members (excludes halogenated alkanes) is 1. The summed E-state index contributed by atoms with van der Waals surface area (Å²) in [5.74, 6) is -3.81. The summed E-state index contributed by atoms with van der Waals surface area (Å²) >= 11 is 2.69. The van der Waals surface area contributed by atoms with Crippen LogP contribution in [0.5, 0.6) is 0 Å². The second kappa shape index (κ2) is 18.1. The first kappa shape index (κ1) is 38.7. The number of thiazole rings is 1. The quantitative estimate of drug-likeness (QED) is 0.121. The molecule has 1 aliphatic carbocycles. The number of aliphatic imine (C=N–C) groups is 1. The smallest absolute Gasteiger partial charge is 0.355 e. The van der Waals surface area contributed by atoms with Crippen LogP contribution in [0.3, 0.4) is 0 Å². The normalized spacial score (nSPS) is 17.5. The number of amides is 3. The number of aromatic nitrogens is 1. The summed E-state index contributed by atoms with van der Waals surface area (Å²) in [5, 5.41) is 17.1. The molecule has 1 saturated carbocycles. The lowest BCUT2D eigenvalue weighted by Crippen LogP contribution is -2.44. The van der Waals surface area contributed by atoms with E-state index in [-0.39, 0.29) is 79.4 Å². The number of rotatable bonds is 23. The van der Waals surface area contributed by atoms with Crippen molar-refractivity contribution in [3.05, 3.63) is 16.1 Å². The molecule has 2 heterocycles. The Bertz CT molecular complexity index is 1450. The molecule has 3 rings (SSSR count). The molecule has 5 N–H and O–H groups in total. The lowest BCUT2D eigenvalue weighted by Gasteiger charge is -2.19. The Labute approximate surface area is 286 Å². The molecule has 14 nitrogen and oxygen atoms in total. The number of nitrogens with two attached hydrogens (primary N) is 1. The van der Waals surface area contributed by atoms with Crippen molar-refractivity contribution < 1.29 is 43.5 Å². The zero-order valence-electron chi connectivity index (χ0n) is 27.2. The number of ketones is 4. The largest absolute Gasteiger partial charge is 0.476 e. The molecule has 0 saturated heterocycles. The van der Waals surface area contributed by atoms with Gasteiger partial charge >= 0.3 is 5.97 Å². The van der Waals surface area contributed by atoms with Crippen LogP contribution in [0, 0.1) is 5.92 Å². The van der Waals surface area contributed by atoms with Crippen LogP contribution in [0.4, 0.5) is 0 Å². The van der Waals surface area contributed by atoms with E-state index in [1.54, 1.807) is 6.92 Å². The lowest BCUT2D eigenvalue weighted by molar-refractivity contribution is -0.134. The first-order chi connectivity index (χ1) is 22.7. The van der Waals surface area contributed by atoms with Crippen LogP contribution >= 0.6 is 23.1 Å². The van der Waals surface area contributed by atoms with E-state index < -0.39 is 41.6 Å². The number of carboxylic acids is 1. The van der Waals surface area contributed by atoms with Gasteiger partial charge in [-0.05, 0) is 31.6 Å². The Morgan fingerprint density at radius 1 is 1.02 bits per heavy atom. The molecular formula is C32H43N5O9S2. The van der Waals surface area contributed by atoms with Crippen LogP contribution in [0.25, 0.3) is 0 Å². The molecule has 1 aliphatic heterocycles. The molecule has 3 amide bonds. The van der Waals surface area contributed by atoms with Crippen molar-refractivity contribution in [3.8, 4) is 0 Å². The highest BCUT2D eigenvalue weighted by atomic mass is 32.2. The summed E-state index contributed by atoms with van der Waals surface area (Å²) in [5.41, 5.74) is 4.09. The highest BCUT2D eigenvalue weighted by Crippen LogP contribution is 2.38. The van der Waals surface area contributed by atoms with Gasteiger partial charge in [0.2, 0.25) is 17.7 Å². The van der Waals surface area contributed by atoms with E-state index in [1.807, 2.05) is 6.92 Å². The van der Waals surface area contributed by atoms with Crippen molar-refractivity contribution in [2.45, 2.75) is 115 Å². The number of thioether (sulfide) groups is 1. The van der Waals surface area contributed by atoms with Crippen LogP contribution in [0.15, 0.2) is 10.4 Å². The van der Waals surface area contributed by atoms with Crippen molar-refractivity contribution in [2.24, 2.45) is 16.6 Å². The maximum absolute atomic E-state index is 12.9. The molecule has 262 valence electrons. The number of carboxylic acid groups (broad SMARTS) is 1. The van der Waals surface area contributed by atoms with Gasteiger partial charge in [0.05, 0.1) is 35.9 Å². The number of primary amides is 1. The van der Waals surface area contributed by atoms with Crippen LogP contribution in [0.2, 0.25) is 0 Å². The number of carbonyl (C=O) groups excluding carboxylic acids is 7. The van der Waals surface area contributed by atoms with E-state index >= 15 is 0 Å². The average molecular weight is 706 g/mol. The first-order valence-corrected chi connectivity index (χ1v) is 17.9. The number of hydrogen-bond donors (Lipinski definition) is 4. The SMILES string of the molecule is CCCCC(=O)N[C@H](CC(N)=O)C(=O)C[C@@H](C)CCC(=O)CC(=O)NC1(C(=O)CC(=O)CCC2=N[C@H](c3nc(C(=O)O)cs3)CS2)CC1. The number of aromatic carboxylic acids is 1.